The lowest BCUT2D eigenvalue weighted by molar-refractivity contribution is 1.30. The molecule has 0 aliphatic carbocycles. The van der Waals surface area contributed by atoms with E-state index in [1.54, 1.807) is 29.5 Å². The molecule has 0 unspecified atom stereocenters. The zero-order chi connectivity index (χ0) is 44.9. The summed E-state index contributed by atoms with van der Waals surface area (Å²) in [6.45, 7) is 0. The predicted molar refractivity (Wildman–Crippen MR) is 225 cm³/mol. The number of thiophene rings is 1. The molecule has 0 saturated heterocycles. The SMILES string of the molecule is [2H]c1c([2H])c([2H])c(-c2ccc3cc(-c4ccc(N(c5ccc(-c6c([2H])c([2H])c([2H])c7c([2H])c([2H])c([2H])c([2H])c67)cc5)c5cccc6c5sc5ccccc56)cc4)ccc3c2)c([2H])c1[2H]. The molecule has 10 aromatic rings. The van der Waals surface area contributed by atoms with Crippen LogP contribution in [0.4, 0.5) is 17.1 Å². The van der Waals surface area contributed by atoms with E-state index in [0.717, 1.165) is 59.1 Å². The highest BCUT2D eigenvalue weighted by molar-refractivity contribution is 7.26. The molecule has 1 nitrogen and oxygen atoms in total. The number of anilines is 3. The van der Waals surface area contributed by atoms with E-state index in [4.69, 9.17) is 16.4 Å². The Morgan fingerprint density at radius 1 is 0.404 bits per heavy atom. The summed E-state index contributed by atoms with van der Waals surface area (Å²) in [6.07, 6.45) is 0. The van der Waals surface area contributed by atoms with Gasteiger partial charge in [0.15, 0.2) is 0 Å². The number of hydrogen-bond acceptors (Lipinski definition) is 2. The Morgan fingerprint density at radius 2 is 1.02 bits per heavy atom. The molecule has 2 heteroatoms. The quantitative estimate of drug-likeness (QED) is 0.168. The number of rotatable bonds is 6. The molecule has 9 aromatic carbocycles. The van der Waals surface area contributed by atoms with Gasteiger partial charge >= 0.3 is 0 Å². The van der Waals surface area contributed by atoms with Crippen molar-refractivity contribution in [1.29, 1.82) is 0 Å². The predicted octanol–water partition coefficient (Wildman–Crippen LogP) is 14.8. The zero-order valence-electron chi connectivity index (χ0n) is 39.5. The molecule has 0 aliphatic rings. The van der Waals surface area contributed by atoms with E-state index < -0.39 is 36.3 Å². The van der Waals surface area contributed by atoms with Crippen molar-refractivity contribution in [3.8, 4) is 33.4 Å². The van der Waals surface area contributed by atoms with Gasteiger partial charge in [0.2, 0.25) is 0 Å². The van der Waals surface area contributed by atoms with E-state index in [0.29, 0.717) is 11.1 Å². The summed E-state index contributed by atoms with van der Waals surface area (Å²) in [5.41, 5.74) is 5.83. The van der Waals surface area contributed by atoms with Crippen LogP contribution in [0.15, 0.2) is 200 Å². The summed E-state index contributed by atoms with van der Waals surface area (Å²) in [4.78, 5) is 2.15. The molecular weight excluding hydrogens is 647 g/mol. The first kappa shape index (κ1) is 20.4. The van der Waals surface area contributed by atoms with Crippen molar-refractivity contribution in [3.63, 3.8) is 0 Å². The third-order valence-electron chi connectivity index (χ3n) is 9.44. The van der Waals surface area contributed by atoms with Gasteiger partial charge in [-0.25, -0.2) is 0 Å². The number of fused-ring (bicyclic) bond motifs is 5. The van der Waals surface area contributed by atoms with E-state index in [2.05, 4.69) is 35.2 Å². The van der Waals surface area contributed by atoms with Crippen LogP contribution in [-0.2, 0) is 0 Å². The number of hydrogen-bond donors (Lipinski definition) is 0. The molecular formula is C50H33NS. The first-order chi connectivity index (χ1) is 30.7. The van der Waals surface area contributed by atoms with E-state index in [1.807, 2.05) is 78.9 Å². The van der Waals surface area contributed by atoms with Crippen LogP contribution in [0.3, 0.4) is 0 Å². The van der Waals surface area contributed by atoms with Crippen molar-refractivity contribution in [1.82, 2.24) is 0 Å². The minimum atomic E-state index is -0.494. The van der Waals surface area contributed by atoms with Crippen molar-refractivity contribution in [2.75, 3.05) is 4.90 Å². The maximum absolute atomic E-state index is 8.91. The highest BCUT2D eigenvalue weighted by Crippen LogP contribution is 2.45. The van der Waals surface area contributed by atoms with Gasteiger partial charge in [-0.3, -0.25) is 0 Å². The summed E-state index contributed by atoms with van der Waals surface area (Å²) in [7, 11) is 0. The smallest absolute Gasteiger partial charge is 0.0640 e. The van der Waals surface area contributed by atoms with E-state index in [9.17, 15) is 0 Å². The summed E-state index contributed by atoms with van der Waals surface area (Å²) < 4.78 is 103. The van der Waals surface area contributed by atoms with Crippen LogP contribution < -0.4 is 4.90 Å². The fourth-order valence-electron chi connectivity index (χ4n) is 6.92. The van der Waals surface area contributed by atoms with Gasteiger partial charge in [-0.15, -0.1) is 11.3 Å². The summed E-state index contributed by atoms with van der Waals surface area (Å²) in [5, 5.41) is 3.99. The van der Waals surface area contributed by atoms with Crippen molar-refractivity contribution >= 4 is 70.1 Å². The molecule has 0 N–H and O–H groups in total. The maximum Gasteiger partial charge on any atom is 0.0640 e. The van der Waals surface area contributed by atoms with Crippen LogP contribution in [0.5, 0.6) is 0 Å². The van der Waals surface area contributed by atoms with Crippen LogP contribution >= 0.6 is 11.3 Å². The monoisotopic (exact) mass is 691 g/mol. The fourth-order valence-corrected chi connectivity index (χ4v) is 8.13. The van der Waals surface area contributed by atoms with Gasteiger partial charge in [0.25, 0.3) is 0 Å². The zero-order valence-corrected chi connectivity index (χ0v) is 28.3. The molecule has 244 valence electrons. The van der Waals surface area contributed by atoms with Crippen LogP contribution in [0.25, 0.3) is 75.1 Å². The summed E-state index contributed by atoms with van der Waals surface area (Å²) in [5.74, 6) is 0. The van der Waals surface area contributed by atoms with Crippen LogP contribution in [-0.4, -0.2) is 0 Å². The average Bonchev–Trinajstić information content (AvgIpc) is 3.70. The molecule has 0 fully saturated rings. The second-order valence-electron chi connectivity index (χ2n) is 12.5. The van der Waals surface area contributed by atoms with Gasteiger partial charge < -0.3 is 4.90 Å². The van der Waals surface area contributed by atoms with Crippen molar-refractivity contribution in [2.45, 2.75) is 0 Å². The average molecular weight is 692 g/mol. The minimum absolute atomic E-state index is 0.0374. The second kappa shape index (κ2) is 12.7. The van der Waals surface area contributed by atoms with E-state index in [1.165, 1.54) is 0 Å². The van der Waals surface area contributed by atoms with Gasteiger partial charge in [0.05, 0.1) is 26.8 Å². The van der Waals surface area contributed by atoms with E-state index >= 15 is 0 Å². The third-order valence-corrected chi connectivity index (χ3v) is 10.6. The molecule has 52 heavy (non-hydrogen) atoms. The Morgan fingerprint density at radius 3 is 1.79 bits per heavy atom. The molecule has 0 aliphatic heterocycles. The minimum Gasteiger partial charge on any atom is -0.309 e. The first-order valence-electron chi connectivity index (χ1n) is 22.8. The summed E-state index contributed by atoms with van der Waals surface area (Å²) in [6, 6.07) is 37.1. The van der Waals surface area contributed by atoms with Gasteiger partial charge in [-0.1, -0.05) is 151 Å². The lowest BCUT2D eigenvalue weighted by atomic mass is 9.97. The van der Waals surface area contributed by atoms with Crippen molar-refractivity contribution in [2.24, 2.45) is 0 Å². The Labute approximate surface area is 324 Å². The van der Waals surface area contributed by atoms with Gasteiger partial charge in [-0.05, 0) is 103 Å². The Kier molecular flexibility index (Phi) is 4.98. The molecule has 0 spiro atoms. The topological polar surface area (TPSA) is 3.24 Å². The molecule has 0 saturated carbocycles. The highest BCUT2D eigenvalue weighted by atomic mass is 32.1. The fraction of sp³-hybridized carbons (Fsp3) is 0. The molecule has 1 aromatic heterocycles. The molecule has 0 radical (unpaired) electrons. The largest absolute Gasteiger partial charge is 0.309 e. The standard InChI is InChI=1S/C50H33NS/c1-2-10-34(11-3-1)38-20-22-41-33-39(21-23-40(41)32-38)35-24-28-42(29-25-35)51(48-18-9-17-47-46-15-6-7-19-49(46)52-50(47)48)43-30-26-37(27-31-43)45-16-8-13-36-12-4-5-14-44(36)45/h1-33H/i1D,2D,3D,4D,5D,8D,10D,11D,12D,13D,14D,16D. The molecule has 0 amide bonds. The molecule has 0 atom stereocenters. The molecule has 10 rings (SSSR count). The lowest BCUT2D eigenvalue weighted by Crippen LogP contribution is -2.10. The first-order valence-corrected chi connectivity index (χ1v) is 17.6. The normalized spacial score (nSPS) is 14.7. The Bertz CT molecular complexity index is 3550. The van der Waals surface area contributed by atoms with Crippen LogP contribution in [0, 0.1) is 0 Å². The van der Waals surface area contributed by atoms with Crippen molar-refractivity contribution in [3.05, 3.63) is 200 Å². The Hall–Kier alpha value is -6.48. The van der Waals surface area contributed by atoms with Gasteiger partial charge in [0, 0.05) is 26.8 Å². The van der Waals surface area contributed by atoms with Crippen LogP contribution in [0.1, 0.15) is 16.4 Å². The number of benzene rings is 9. The van der Waals surface area contributed by atoms with E-state index in [-0.39, 0.29) is 58.2 Å². The van der Waals surface area contributed by atoms with Crippen LogP contribution in [0.2, 0.25) is 0 Å². The lowest BCUT2D eigenvalue weighted by Gasteiger charge is -2.26. The maximum atomic E-state index is 8.91. The highest BCUT2D eigenvalue weighted by Gasteiger charge is 2.18. The summed E-state index contributed by atoms with van der Waals surface area (Å²) >= 11 is 1.70. The third kappa shape index (κ3) is 5.33. The van der Waals surface area contributed by atoms with Crippen molar-refractivity contribution < 1.29 is 16.4 Å². The molecule has 0 bridgehead atoms. The second-order valence-corrected chi connectivity index (χ2v) is 13.5. The Balaban J connectivity index is 1.07. The van der Waals surface area contributed by atoms with Gasteiger partial charge in [0.1, 0.15) is 0 Å². The van der Waals surface area contributed by atoms with Gasteiger partial charge in [-0.2, -0.15) is 0 Å². The number of nitrogens with zero attached hydrogens (tertiary/aromatic N) is 1. The molecule has 1 heterocycles.